The third kappa shape index (κ3) is 2.09. The van der Waals surface area contributed by atoms with Gasteiger partial charge in [0.05, 0.1) is 24.4 Å². The molecule has 16 heavy (non-hydrogen) atoms. The highest BCUT2D eigenvalue weighted by Gasteiger charge is 2.07. The lowest BCUT2D eigenvalue weighted by molar-refractivity contribution is 0.170. The number of fused-ring (bicyclic) bond motifs is 1. The van der Waals surface area contributed by atoms with E-state index >= 15 is 0 Å². The summed E-state index contributed by atoms with van der Waals surface area (Å²) < 4.78 is 1.85. The summed E-state index contributed by atoms with van der Waals surface area (Å²) in [6.07, 6.45) is 1.50. The van der Waals surface area contributed by atoms with Crippen molar-refractivity contribution in [3.63, 3.8) is 0 Å². The van der Waals surface area contributed by atoms with Crippen molar-refractivity contribution in [3.05, 3.63) is 30.0 Å². The predicted octanol–water partition coefficient (Wildman–Crippen LogP) is 2.54. The van der Waals surface area contributed by atoms with Crippen molar-refractivity contribution in [2.24, 2.45) is 0 Å². The Balaban J connectivity index is 2.42. The molecule has 0 amide bonds. The molecule has 0 aliphatic rings. The van der Waals surface area contributed by atoms with E-state index in [4.69, 9.17) is 0 Å². The van der Waals surface area contributed by atoms with Crippen molar-refractivity contribution in [1.29, 1.82) is 0 Å². The summed E-state index contributed by atoms with van der Waals surface area (Å²) in [5.41, 5.74) is 2.41. The molecule has 3 nitrogen and oxygen atoms in total. The lowest BCUT2D eigenvalue weighted by atomic mass is 10.0. The van der Waals surface area contributed by atoms with Crippen LogP contribution in [0, 0.1) is 0 Å². The van der Waals surface area contributed by atoms with Crippen LogP contribution >= 0.6 is 0 Å². The molecule has 3 heteroatoms. The molecule has 1 N–H and O–H groups in total. The number of benzene rings is 1. The van der Waals surface area contributed by atoms with E-state index in [1.807, 2.05) is 10.9 Å². The first-order chi connectivity index (χ1) is 7.58. The van der Waals surface area contributed by atoms with Crippen molar-refractivity contribution in [1.82, 2.24) is 9.78 Å². The lowest BCUT2D eigenvalue weighted by Crippen LogP contribution is -2.12. The number of nitrogens with zero attached hydrogens (tertiary/aromatic N) is 2. The van der Waals surface area contributed by atoms with Crippen molar-refractivity contribution in [2.75, 3.05) is 0 Å². The van der Waals surface area contributed by atoms with Crippen LogP contribution in [0.1, 0.15) is 32.3 Å². The van der Waals surface area contributed by atoms with E-state index in [2.05, 4.69) is 37.1 Å². The molecule has 0 radical (unpaired) electrons. The summed E-state index contributed by atoms with van der Waals surface area (Å²) in [4.78, 5) is 0. The Kier molecular flexibility index (Phi) is 2.97. The lowest BCUT2D eigenvalue weighted by Gasteiger charge is -2.07. The molecule has 1 heterocycles. The van der Waals surface area contributed by atoms with Gasteiger partial charge in [-0.25, -0.2) is 0 Å². The summed E-state index contributed by atoms with van der Waals surface area (Å²) >= 11 is 0. The highest BCUT2D eigenvalue weighted by molar-refractivity contribution is 5.79. The maximum absolute atomic E-state index is 9.37. The molecule has 1 aromatic heterocycles. The number of aliphatic hydroxyl groups is 1. The number of hydrogen-bond donors (Lipinski definition) is 1. The van der Waals surface area contributed by atoms with Crippen LogP contribution in [0.2, 0.25) is 0 Å². The van der Waals surface area contributed by atoms with Crippen LogP contribution in [0.5, 0.6) is 0 Å². The molecule has 0 bridgehead atoms. The average molecular weight is 218 g/mol. The first kappa shape index (κ1) is 11.1. The van der Waals surface area contributed by atoms with Crippen LogP contribution in [0.4, 0.5) is 0 Å². The normalized spacial score (nSPS) is 13.6. The van der Waals surface area contributed by atoms with Gasteiger partial charge < -0.3 is 5.11 Å². The van der Waals surface area contributed by atoms with Gasteiger partial charge in [0, 0.05) is 5.39 Å². The van der Waals surface area contributed by atoms with E-state index in [9.17, 15) is 5.11 Å². The Labute approximate surface area is 95.7 Å². The van der Waals surface area contributed by atoms with Crippen LogP contribution < -0.4 is 0 Å². The molecule has 0 saturated heterocycles. The highest BCUT2D eigenvalue weighted by atomic mass is 16.3. The van der Waals surface area contributed by atoms with E-state index in [1.54, 1.807) is 6.92 Å². The van der Waals surface area contributed by atoms with Gasteiger partial charge in [-0.2, -0.15) is 5.10 Å². The fourth-order valence-corrected chi connectivity index (χ4v) is 1.86. The number of hydrogen-bond acceptors (Lipinski definition) is 2. The van der Waals surface area contributed by atoms with Gasteiger partial charge in [-0.15, -0.1) is 0 Å². The SMILES string of the molecule is CC(C)c1ccc2c(cnn2C[C@@H](C)O)c1. The fraction of sp³-hybridized carbons (Fsp3) is 0.462. The van der Waals surface area contributed by atoms with Crippen LogP contribution in [-0.4, -0.2) is 21.0 Å². The van der Waals surface area contributed by atoms with E-state index < -0.39 is 0 Å². The maximum Gasteiger partial charge on any atom is 0.0708 e. The summed E-state index contributed by atoms with van der Waals surface area (Å²) in [6.45, 7) is 6.68. The molecular weight excluding hydrogens is 200 g/mol. The number of rotatable bonds is 3. The smallest absolute Gasteiger partial charge is 0.0708 e. The summed E-state index contributed by atoms with van der Waals surface area (Å²) in [6, 6.07) is 6.39. The fourth-order valence-electron chi connectivity index (χ4n) is 1.86. The third-order valence-corrected chi connectivity index (χ3v) is 2.77. The maximum atomic E-state index is 9.37. The zero-order chi connectivity index (χ0) is 11.7. The molecule has 86 valence electrons. The Hall–Kier alpha value is -1.35. The van der Waals surface area contributed by atoms with Gasteiger partial charge in [-0.1, -0.05) is 19.9 Å². The molecule has 0 aliphatic carbocycles. The minimum Gasteiger partial charge on any atom is -0.391 e. The van der Waals surface area contributed by atoms with Gasteiger partial charge in [-0.3, -0.25) is 4.68 Å². The molecule has 0 fully saturated rings. The molecule has 0 aliphatic heterocycles. The molecule has 2 aromatic rings. The molecule has 0 saturated carbocycles. The van der Waals surface area contributed by atoms with Gasteiger partial charge in [0.15, 0.2) is 0 Å². The monoisotopic (exact) mass is 218 g/mol. The second-order valence-electron chi connectivity index (χ2n) is 4.65. The van der Waals surface area contributed by atoms with Gasteiger partial charge in [0.1, 0.15) is 0 Å². The zero-order valence-corrected chi connectivity index (χ0v) is 10.0. The van der Waals surface area contributed by atoms with Crippen molar-refractivity contribution in [3.8, 4) is 0 Å². The Morgan fingerprint density at radius 3 is 2.69 bits per heavy atom. The molecule has 1 aromatic carbocycles. The van der Waals surface area contributed by atoms with Gasteiger partial charge in [-0.05, 0) is 30.5 Å². The minimum atomic E-state index is -0.368. The Morgan fingerprint density at radius 2 is 2.06 bits per heavy atom. The van der Waals surface area contributed by atoms with Gasteiger partial charge in [0.25, 0.3) is 0 Å². The van der Waals surface area contributed by atoms with E-state index in [0.717, 1.165) is 10.9 Å². The third-order valence-electron chi connectivity index (χ3n) is 2.77. The standard InChI is InChI=1S/C13H18N2O/c1-9(2)11-4-5-13-12(6-11)7-14-15(13)8-10(3)16/h4-7,9-10,16H,8H2,1-3H3/t10-/m1/s1. The largest absolute Gasteiger partial charge is 0.391 e. The van der Waals surface area contributed by atoms with Crippen molar-refractivity contribution >= 4 is 10.9 Å². The molecule has 1 atom stereocenters. The van der Waals surface area contributed by atoms with Gasteiger partial charge in [0.2, 0.25) is 0 Å². The first-order valence-electron chi connectivity index (χ1n) is 5.71. The molecule has 0 spiro atoms. The second-order valence-corrected chi connectivity index (χ2v) is 4.65. The number of aliphatic hydroxyl groups excluding tert-OH is 1. The first-order valence-corrected chi connectivity index (χ1v) is 5.71. The van der Waals surface area contributed by atoms with Crippen LogP contribution in [0.3, 0.4) is 0 Å². The Morgan fingerprint density at radius 1 is 1.31 bits per heavy atom. The van der Waals surface area contributed by atoms with E-state index in [0.29, 0.717) is 12.5 Å². The van der Waals surface area contributed by atoms with Gasteiger partial charge >= 0.3 is 0 Å². The van der Waals surface area contributed by atoms with E-state index in [-0.39, 0.29) is 6.10 Å². The summed E-state index contributed by atoms with van der Waals surface area (Å²) in [5, 5.41) is 14.8. The summed E-state index contributed by atoms with van der Waals surface area (Å²) in [5.74, 6) is 0.532. The highest BCUT2D eigenvalue weighted by Crippen LogP contribution is 2.21. The second kappa shape index (κ2) is 4.26. The van der Waals surface area contributed by atoms with E-state index in [1.165, 1.54) is 5.56 Å². The minimum absolute atomic E-state index is 0.368. The molecular formula is C13H18N2O. The zero-order valence-electron chi connectivity index (χ0n) is 10.0. The topological polar surface area (TPSA) is 38.0 Å². The van der Waals surface area contributed by atoms with Crippen molar-refractivity contribution < 1.29 is 5.11 Å². The molecule has 0 unspecified atom stereocenters. The predicted molar refractivity (Wildman–Crippen MR) is 65.5 cm³/mol. The van der Waals surface area contributed by atoms with Crippen LogP contribution in [-0.2, 0) is 6.54 Å². The number of aromatic nitrogens is 2. The van der Waals surface area contributed by atoms with Crippen LogP contribution in [0.25, 0.3) is 10.9 Å². The molecule has 2 rings (SSSR count). The Bertz CT molecular complexity index is 486. The van der Waals surface area contributed by atoms with Crippen LogP contribution in [0.15, 0.2) is 24.4 Å². The van der Waals surface area contributed by atoms with Crippen molar-refractivity contribution in [2.45, 2.75) is 39.3 Å². The quantitative estimate of drug-likeness (QED) is 0.859. The average Bonchev–Trinajstić information content (AvgIpc) is 2.60. The summed E-state index contributed by atoms with van der Waals surface area (Å²) in [7, 11) is 0.